The van der Waals surface area contributed by atoms with E-state index in [9.17, 15) is 9.59 Å². The highest BCUT2D eigenvalue weighted by atomic mass is 79.9. The van der Waals surface area contributed by atoms with E-state index in [1.165, 1.54) is 17.8 Å². The van der Waals surface area contributed by atoms with E-state index in [1.807, 2.05) is 0 Å². The van der Waals surface area contributed by atoms with Crippen LogP contribution >= 0.6 is 11.8 Å². The van der Waals surface area contributed by atoms with E-state index in [4.69, 9.17) is 4.74 Å². The van der Waals surface area contributed by atoms with Crippen LogP contribution in [0, 0.1) is 0 Å². The third-order valence-corrected chi connectivity index (χ3v) is 5.05. The molecule has 0 bridgehead atoms. The Labute approximate surface area is 181 Å². The minimum absolute atomic E-state index is 0. The summed E-state index contributed by atoms with van der Waals surface area (Å²) in [5, 5.41) is 3.47. The van der Waals surface area contributed by atoms with Crippen molar-refractivity contribution in [1.82, 2.24) is 4.90 Å². The third-order valence-electron chi connectivity index (χ3n) is 4.00. The van der Waals surface area contributed by atoms with Gasteiger partial charge in [0.15, 0.2) is 5.17 Å². The number of nitrogens with one attached hydrogen (secondary N) is 1. The molecule has 1 aliphatic heterocycles. The van der Waals surface area contributed by atoms with Gasteiger partial charge in [-0.25, -0.2) is 0 Å². The van der Waals surface area contributed by atoms with Crippen LogP contribution in [0.15, 0.2) is 40.2 Å². The number of nitrogens with zero attached hydrogens (tertiary/aromatic N) is 2. The molecule has 1 saturated heterocycles. The van der Waals surface area contributed by atoms with Gasteiger partial charge in [0.05, 0.1) is 12.0 Å². The van der Waals surface area contributed by atoms with E-state index in [1.54, 1.807) is 36.3 Å². The zero-order valence-electron chi connectivity index (χ0n) is 16.5. The number of methoxy groups -OCH3 is 1. The number of benzene rings is 1. The van der Waals surface area contributed by atoms with Crippen molar-refractivity contribution < 1.29 is 31.3 Å². The van der Waals surface area contributed by atoms with Crippen LogP contribution in [0.2, 0.25) is 0 Å². The molecule has 0 aliphatic carbocycles. The number of amidine groups is 1. The Morgan fingerprint density at radius 2 is 1.89 bits per heavy atom. The standard InChI is InChI=1S/C20H27N3O3S.BrH/c1-4-6-12-21-20-23(13-7-5-2)19(25)17(27-20)14-18(24)22-15-8-10-16(26-3)11-9-15;/h8-11,14H,4-7,12-13H2,1-3H3,(H,22,24);1H/p-1/b17-14-,21-20?;. The number of carbonyl (C=O) groups excluding carboxylic acids is 2. The molecule has 1 aromatic rings. The van der Waals surface area contributed by atoms with E-state index in [0.717, 1.165) is 25.7 Å². The van der Waals surface area contributed by atoms with Gasteiger partial charge < -0.3 is 27.0 Å². The number of hydrogen-bond donors (Lipinski definition) is 1. The summed E-state index contributed by atoms with van der Waals surface area (Å²) in [5.41, 5.74) is 0.646. The number of unbranched alkanes of at least 4 members (excludes halogenated alkanes) is 2. The van der Waals surface area contributed by atoms with Crippen molar-refractivity contribution in [2.75, 3.05) is 25.5 Å². The first-order chi connectivity index (χ1) is 13.1. The van der Waals surface area contributed by atoms with Crippen molar-refractivity contribution >= 4 is 34.4 Å². The molecule has 2 amide bonds. The normalized spacial score (nSPS) is 16.4. The molecule has 6 nitrogen and oxygen atoms in total. The maximum absolute atomic E-state index is 12.7. The number of carbonyl (C=O) groups is 2. The number of thioether (sulfide) groups is 1. The smallest absolute Gasteiger partial charge is 0.266 e. The molecule has 1 N–H and O–H groups in total. The predicted octanol–water partition coefficient (Wildman–Crippen LogP) is 1.05. The van der Waals surface area contributed by atoms with Crippen LogP contribution in [0.1, 0.15) is 39.5 Å². The van der Waals surface area contributed by atoms with Gasteiger partial charge in [0.2, 0.25) is 5.91 Å². The van der Waals surface area contributed by atoms with E-state index < -0.39 is 0 Å². The molecule has 0 unspecified atom stereocenters. The molecule has 1 aliphatic rings. The van der Waals surface area contributed by atoms with Crippen LogP contribution < -0.4 is 27.0 Å². The molecule has 1 fully saturated rings. The fourth-order valence-electron chi connectivity index (χ4n) is 2.44. The van der Waals surface area contributed by atoms with E-state index in [2.05, 4.69) is 24.2 Å². The first kappa shape index (κ1) is 24.2. The number of ether oxygens (including phenoxy) is 1. The van der Waals surface area contributed by atoms with Crippen molar-refractivity contribution in [1.29, 1.82) is 0 Å². The molecule has 0 radical (unpaired) electrons. The highest BCUT2D eigenvalue weighted by molar-refractivity contribution is 8.18. The summed E-state index contributed by atoms with van der Waals surface area (Å²) in [6.45, 7) is 5.52. The summed E-state index contributed by atoms with van der Waals surface area (Å²) in [4.78, 5) is 31.7. The van der Waals surface area contributed by atoms with E-state index >= 15 is 0 Å². The van der Waals surface area contributed by atoms with Crippen molar-refractivity contribution in [3.8, 4) is 5.75 Å². The molecule has 0 aromatic heterocycles. The van der Waals surface area contributed by atoms with Gasteiger partial charge in [0.1, 0.15) is 5.75 Å². The summed E-state index contributed by atoms with van der Waals surface area (Å²) in [7, 11) is 1.59. The minimum Gasteiger partial charge on any atom is -1.00 e. The molecule has 8 heteroatoms. The molecule has 0 spiro atoms. The highest BCUT2D eigenvalue weighted by Crippen LogP contribution is 2.31. The van der Waals surface area contributed by atoms with E-state index in [0.29, 0.717) is 34.6 Å². The fourth-order valence-corrected chi connectivity index (χ4v) is 3.44. The van der Waals surface area contributed by atoms with Gasteiger partial charge in [0, 0.05) is 24.9 Å². The van der Waals surface area contributed by atoms with Gasteiger partial charge in [-0.1, -0.05) is 26.7 Å². The van der Waals surface area contributed by atoms with Crippen molar-refractivity contribution in [2.24, 2.45) is 4.99 Å². The second kappa shape index (κ2) is 12.6. The lowest BCUT2D eigenvalue weighted by Crippen LogP contribution is -3.00. The molecular formula is C20H27BrN3O3S-. The summed E-state index contributed by atoms with van der Waals surface area (Å²) < 4.78 is 5.10. The van der Waals surface area contributed by atoms with Gasteiger partial charge in [0.25, 0.3) is 5.91 Å². The largest absolute Gasteiger partial charge is 1.00 e. The minimum atomic E-state index is -0.332. The number of hydrogen-bond acceptors (Lipinski definition) is 5. The topological polar surface area (TPSA) is 71.0 Å². The summed E-state index contributed by atoms with van der Waals surface area (Å²) in [5.74, 6) is 0.238. The van der Waals surface area contributed by atoms with Crippen molar-refractivity contribution in [3.05, 3.63) is 35.2 Å². The first-order valence-corrected chi connectivity index (χ1v) is 10.1. The Bertz CT molecular complexity index is 720. The fraction of sp³-hybridized carbons (Fsp3) is 0.450. The van der Waals surface area contributed by atoms with Crippen LogP contribution in [-0.4, -0.2) is 42.1 Å². The molecule has 2 rings (SSSR count). The Balaban J connectivity index is 0.00000392. The van der Waals surface area contributed by atoms with Crippen molar-refractivity contribution in [3.63, 3.8) is 0 Å². The van der Waals surface area contributed by atoms with Gasteiger partial charge in [-0.05, 0) is 48.9 Å². The maximum Gasteiger partial charge on any atom is 0.266 e. The molecular weight excluding hydrogens is 442 g/mol. The number of rotatable bonds is 9. The highest BCUT2D eigenvalue weighted by Gasteiger charge is 2.33. The predicted molar refractivity (Wildman–Crippen MR) is 111 cm³/mol. The van der Waals surface area contributed by atoms with Crippen LogP contribution in [0.5, 0.6) is 5.75 Å². The second-order valence-corrected chi connectivity index (χ2v) is 7.17. The molecule has 154 valence electrons. The number of amides is 2. The Morgan fingerprint density at radius 3 is 2.50 bits per heavy atom. The summed E-state index contributed by atoms with van der Waals surface area (Å²) in [6, 6.07) is 7.04. The molecule has 0 saturated carbocycles. The lowest BCUT2D eigenvalue weighted by Gasteiger charge is -2.14. The lowest BCUT2D eigenvalue weighted by atomic mass is 10.3. The Morgan fingerprint density at radius 1 is 1.21 bits per heavy atom. The quantitative estimate of drug-likeness (QED) is 0.434. The third kappa shape index (κ3) is 6.98. The van der Waals surface area contributed by atoms with Crippen LogP contribution in [-0.2, 0) is 9.59 Å². The van der Waals surface area contributed by atoms with Gasteiger partial charge >= 0.3 is 0 Å². The molecule has 1 heterocycles. The van der Waals surface area contributed by atoms with Crippen LogP contribution in [0.3, 0.4) is 0 Å². The monoisotopic (exact) mass is 468 g/mol. The molecule has 1 aromatic carbocycles. The molecule has 0 atom stereocenters. The van der Waals surface area contributed by atoms with Gasteiger partial charge in [-0.2, -0.15) is 0 Å². The van der Waals surface area contributed by atoms with Crippen molar-refractivity contribution in [2.45, 2.75) is 39.5 Å². The van der Waals surface area contributed by atoms with Gasteiger partial charge in [-0.15, -0.1) is 0 Å². The maximum atomic E-state index is 12.7. The average molecular weight is 469 g/mol. The number of anilines is 1. The van der Waals surface area contributed by atoms with Gasteiger partial charge in [-0.3, -0.25) is 19.5 Å². The number of halogens is 1. The van der Waals surface area contributed by atoms with Crippen LogP contribution in [0.25, 0.3) is 0 Å². The first-order valence-electron chi connectivity index (χ1n) is 9.30. The second-order valence-electron chi connectivity index (χ2n) is 6.16. The van der Waals surface area contributed by atoms with E-state index in [-0.39, 0.29) is 28.8 Å². The lowest BCUT2D eigenvalue weighted by molar-refractivity contribution is -0.122. The Kier molecular flexibility index (Phi) is 10.9. The SMILES string of the molecule is CCCCN=C1S/C(=C\C(=O)Nc2ccc(OC)cc2)C(=O)N1CCCC.[Br-]. The van der Waals surface area contributed by atoms with Crippen LogP contribution in [0.4, 0.5) is 5.69 Å². The summed E-state index contributed by atoms with van der Waals surface area (Å²) in [6.07, 6.45) is 5.30. The zero-order valence-corrected chi connectivity index (χ0v) is 18.9. The molecule has 28 heavy (non-hydrogen) atoms. The Hall–Kier alpha value is -1.80. The summed E-state index contributed by atoms with van der Waals surface area (Å²) >= 11 is 1.28. The number of aliphatic imine (C=N–C) groups is 1. The average Bonchev–Trinajstić information content (AvgIpc) is 2.95. The zero-order chi connectivity index (χ0) is 19.6.